The Morgan fingerprint density at radius 3 is 3.00 bits per heavy atom. The molecule has 2 rings (SSSR count). The molecule has 0 N–H and O–H groups in total. The van der Waals surface area contributed by atoms with Crippen molar-refractivity contribution in [2.75, 3.05) is 11.4 Å². The molecule has 3 nitrogen and oxygen atoms in total. The van der Waals surface area contributed by atoms with Crippen molar-refractivity contribution in [3.8, 4) is 0 Å². The topological polar surface area (TPSA) is 29.0 Å². The molecule has 0 bridgehead atoms. The molecule has 1 aromatic heterocycles. The molecule has 0 amide bonds. The van der Waals surface area contributed by atoms with Gasteiger partial charge in [0.1, 0.15) is 12.1 Å². The van der Waals surface area contributed by atoms with Crippen LogP contribution >= 0.6 is 0 Å². The van der Waals surface area contributed by atoms with Crippen molar-refractivity contribution in [2.24, 2.45) is 0 Å². The standard InChI is InChI=1S/C10H14FN3/c1-8-4-2-3-5-14(8)10-6-9(11)12-7-13-10/h6-8H,2-5H2,1H3. The van der Waals surface area contributed by atoms with Crippen LogP contribution in [-0.4, -0.2) is 22.6 Å². The summed E-state index contributed by atoms with van der Waals surface area (Å²) >= 11 is 0. The highest BCUT2D eigenvalue weighted by atomic mass is 19.1. The lowest BCUT2D eigenvalue weighted by atomic mass is 10.0. The normalized spacial score (nSPS) is 22.4. The first-order valence-corrected chi connectivity index (χ1v) is 5.01. The SMILES string of the molecule is CC1CCCCN1c1cc(F)ncn1. The molecule has 4 heteroatoms. The van der Waals surface area contributed by atoms with Crippen molar-refractivity contribution in [1.29, 1.82) is 0 Å². The van der Waals surface area contributed by atoms with E-state index in [1.54, 1.807) is 0 Å². The first-order valence-electron chi connectivity index (χ1n) is 5.01. The lowest BCUT2D eigenvalue weighted by molar-refractivity contribution is 0.478. The molecule has 0 aromatic carbocycles. The molecule has 1 saturated heterocycles. The van der Waals surface area contributed by atoms with Crippen LogP contribution in [0.15, 0.2) is 12.4 Å². The summed E-state index contributed by atoms with van der Waals surface area (Å²) in [4.78, 5) is 9.69. The number of aromatic nitrogens is 2. The van der Waals surface area contributed by atoms with Crippen LogP contribution < -0.4 is 4.90 Å². The zero-order chi connectivity index (χ0) is 9.97. The summed E-state index contributed by atoms with van der Waals surface area (Å²) in [7, 11) is 0. The van der Waals surface area contributed by atoms with E-state index in [1.807, 2.05) is 0 Å². The number of nitrogens with zero attached hydrogens (tertiary/aromatic N) is 3. The maximum Gasteiger partial charge on any atom is 0.218 e. The molecular formula is C10H14FN3. The van der Waals surface area contributed by atoms with Crippen LogP contribution in [0.1, 0.15) is 26.2 Å². The molecule has 1 unspecified atom stereocenters. The third-order valence-electron chi connectivity index (χ3n) is 2.72. The molecule has 76 valence electrons. The Bertz CT molecular complexity index is 316. The van der Waals surface area contributed by atoms with Crippen LogP contribution in [0.3, 0.4) is 0 Å². The summed E-state index contributed by atoms with van der Waals surface area (Å²) in [6.45, 7) is 3.12. The second kappa shape index (κ2) is 3.90. The molecule has 0 spiro atoms. The van der Waals surface area contributed by atoms with Crippen LogP contribution in [0.25, 0.3) is 0 Å². The molecule has 1 aromatic rings. The van der Waals surface area contributed by atoms with E-state index in [0.717, 1.165) is 19.4 Å². The van der Waals surface area contributed by atoms with Crippen LogP contribution in [0.4, 0.5) is 10.2 Å². The van der Waals surface area contributed by atoms with E-state index in [-0.39, 0.29) is 0 Å². The van der Waals surface area contributed by atoms with Gasteiger partial charge in [-0.15, -0.1) is 0 Å². The molecule has 1 aliphatic heterocycles. The van der Waals surface area contributed by atoms with Gasteiger partial charge in [-0.05, 0) is 26.2 Å². The Morgan fingerprint density at radius 2 is 2.29 bits per heavy atom. The van der Waals surface area contributed by atoms with Crippen LogP contribution in [0.2, 0.25) is 0 Å². The highest BCUT2D eigenvalue weighted by Crippen LogP contribution is 2.22. The van der Waals surface area contributed by atoms with E-state index in [0.29, 0.717) is 11.9 Å². The third kappa shape index (κ3) is 1.84. The van der Waals surface area contributed by atoms with Gasteiger partial charge in [0.2, 0.25) is 5.95 Å². The fourth-order valence-electron chi connectivity index (χ4n) is 1.92. The van der Waals surface area contributed by atoms with E-state index in [1.165, 1.54) is 18.8 Å². The van der Waals surface area contributed by atoms with Crippen molar-refractivity contribution in [3.63, 3.8) is 0 Å². The Labute approximate surface area is 83.0 Å². The number of hydrogen-bond donors (Lipinski definition) is 0. The Kier molecular flexibility index (Phi) is 2.61. The van der Waals surface area contributed by atoms with E-state index in [2.05, 4.69) is 21.8 Å². The zero-order valence-electron chi connectivity index (χ0n) is 8.28. The Balaban J connectivity index is 2.20. The lowest BCUT2D eigenvalue weighted by Gasteiger charge is -2.34. The lowest BCUT2D eigenvalue weighted by Crippen LogP contribution is -2.38. The monoisotopic (exact) mass is 195 g/mol. The summed E-state index contributed by atoms with van der Waals surface area (Å²) in [5, 5.41) is 0. The second-order valence-electron chi connectivity index (χ2n) is 3.74. The molecule has 14 heavy (non-hydrogen) atoms. The molecule has 1 aliphatic rings. The summed E-state index contributed by atoms with van der Waals surface area (Å²) < 4.78 is 12.9. The first kappa shape index (κ1) is 9.37. The highest BCUT2D eigenvalue weighted by Gasteiger charge is 2.19. The quantitative estimate of drug-likeness (QED) is 0.642. The molecular weight excluding hydrogens is 181 g/mol. The van der Waals surface area contributed by atoms with Gasteiger partial charge in [-0.25, -0.2) is 9.97 Å². The molecule has 0 aliphatic carbocycles. The van der Waals surface area contributed by atoms with Gasteiger partial charge in [0.05, 0.1) is 0 Å². The van der Waals surface area contributed by atoms with Crippen molar-refractivity contribution in [3.05, 3.63) is 18.3 Å². The minimum atomic E-state index is -0.451. The number of anilines is 1. The predicted molar refractivity (Wildman–Crippen MR) is 52.6 cm³/mol. The summed E-state index contributed by atoms with van der Waals surface area (Å²) in [6, 6.07) is 1.86. The average Bonchev–Trinajstić information content (AvgIpc) is 2.18. The van der Waals surface area contributed by atoms with Crippen LogP contribution in [0, 0.1) is 5.95 Å². The van der Waals surface area contributed by atoms with Gasteiger partial charge in [-0.2, -0.15) is 4.39 Å². The third-order valence-corrected chi connectivity index (χ3v) is 2.72. The molecule has 0 saturated carbocycles. The number of piperidine rings is 1. The number of halogens is 1. The molecule has 2 heterocycles. The van der Waals surface area contributed by atoms with Crippen molar-refractivity contribution < 1.29 is 4.39 Å². The predicted octanol–water partition coefficient (Wildman–Crippen LogP) is 1.99. The first-order chi connectivity index (χ1) is 6.77. The Hall–Kier alpha value is -1.19. The van der Waals surface area contributed by atoms with E-state index in [4.69, 9.17) is 0 Å². The molecule has 1 fully saturated rings. The van der Waals surface area contributed by atoms with Crippen molar-refractivity contribution in [1.82, 2.24) is 9.97 Å². The van der Waals surface area contributed by atoms with Gasteiger partial charge >= 0.3 is 0 Å². The fourth-order valence-corrected chi connectivity index (χ4v) is 1.92. The fraction of sp³-hybridized carbons (Fsp3) is 0.600. The van der Waals surface area contributed by atoms with Crippen LogP contribution in [0.5, 0.6) is 0 Å². The van der Waals surface area contributed by atoms with Crippen LogP contribution in [-0.2, 0) is 0 Å². The zero-order valence-corrected chi connectivity index (χ0v) is 8.28. The smallest absolute Gasteiger partial charge is 0.218 e. The van der Waals surface area contributed by atoms with Gasteiger partial charge < -0.3 is 4.90 Å². The number of hydrogen-bond acceptors (Lipinski definition) is 3. The second-order valence-corrected chi connectivity index (χ2v) is 3.74. The van der Waals surface area contributed by atoms with Crippen molar-refractivity contribution in [2.45, 2.75) is 32.2 Å². The average molecular weight is 195 g/mol. The Morgan fingerprint density at radius 1 is 1.43 bits per heavy atom. The van der Waals surface area contributed by atoms with Gasteiger partial charge in [-0.1, -0.05) is 0 Å². The van der Waals surface area contributed by atoms with Gasteiger partial charge in [0, 0.05) is 18.7 Å². The number of rotatable bonds is 1. The maximum atomic E-state index is 12.9. The van der Waals surface area contributed by atoms with Gasteiger partial charge in [-0.3, -0.25) is 0 Å². The summed E-state index contributed by atoms with van der Waals surface area (Å²) in [5.74, 6) is 0.262. The van der Waals surface area contributed by atoms with Gasteiger partial charge in [0.15, 0.2) is 0 Å². The highest BCUT2D eigenvalue weighted by molar-refractivity contribution is 5.38. The van der Waals surface area contributed by atoms with Crippen molar-refractivity contribution >= 4 is 5.82 Å². The molecule has 1 atom stereocenters. The van der Waals surface area contributed by atoms with E-state index < -0.39 is 5.95 Å². The van der Waals surface area contributed by atoms with E-state index in [9.17, 15) is 4.39 Å². The molecule has 0 radical (unpaired) electrons. The van der Waals surface area contributed by atoms with E-state index >= 15 is 0 Å². The summed E-state index contributed by atoms with van der Waals surface area (Å²) in [6.07, 6.45) is 4.86. The maximum absolute atomic E-state index is 12.9. The minimum absolute atomic E-state index is 0.451. The van der Waals surface area contributed by atoms with Gasteiger partial charge in [0.25, 0.3) is 0 Å². The minimum Gasteiger partial charge on any atom is -0.354 e. The summed E-state index contributed by atoms with van der Waals surface area (Å²) in [5.41, 5.74) is 0. The largest absolute Gasteiger partial charge is 0.354 e.